The molecule has 1 fully saturated rings. The summed E-state index contributed by atoms with van der Waals surface area (Å²) < 4.78 is 5.56. The van der Waals surface area contributed by atoms with Crippen LogP contribution in [0.1, 0.15) is 30.3 Å². The summed E-state index contributed by atoms with van der Waals surface area (Å²) in [5.41, 5.74) is 0.256. The number of para-hydroxylation sites is 1. The second-order valence-electron chi connectivity index (χ2n) is 6.08. The van der Waals surface area contributed by atoms with E-state index < -0.39 is 0 Å². The van der Waals surface area contributed by atoms with E-state index in [1.807, 2.05) is 0 Å². The van der Waals surface area contributed by atoms with Gasteiger partial charge in [-0.05, 0) is 44.0 Å². The molecule has 5 nitrogen and oxygen atoms in total. The lowest BCUT2D eigenvalue weighted by Gasteiger charge is -2.31. The van der Waals surface area contributed by atoms with E-state index in [4.69, 9.17) is 4.42 Å². The maximum absolute atomic E-state index is 12.3. The third kappa shape index (κ3) is 3.62. The molecular formula is C18H22N2O3. The van der Waals surface area contributed by atoms with Crippen molar-refractivity contribution in [3.8, 4) is 0 Å². The Balaban J connectivity index is 1.68. The van der Waals surface area contributed by atoms with Crippen molar-refractivity contribution in [1.29, 1.82) is 0 Å². The molecule has 1 saturated heterocycles. The monoisotopic (exact) mass is 314 g/mol. The number of nitrogens with one attached hydrogen (secondary N) is 1. The first kappa shape index (κ1) is 15.7. The van der Waals surface area contributed by atoms with Gasteiger partial charge in [0.25, 0.3) is 5.91 Å². The highest BCUT2D eigenvalue weighted by atomic mass is 16.3. The van der Waals surface area contributed by atoms with Crippen LogP contribution in [-0.4, -0.2) is 37.0 Å². The number of carbonyl (C=O) groups is 1. The van der Waals surface area contributed by atoms with Crippen LogP contribution in [0.5, 0.6) is 0 Å². The quantitative estimate of drug-likeness (QED) is 0.940. The zero-order valence-electron chi connectivity index (χ0n) is 13.4. The van der Waals surface area contributed by atoms with E-state index in [1.165, 1.54) is 12.5 Å². The Morgan fingerprint density at radius 3 is 3.04 bits per heavy atom. The Morgan fingerprint density at radius 2 is 2.22 bits per heavy atom. The number of nitrogens with zero attached hydrogens (tertiary/aromatic N) is 1. The van der Waals surface area contributed by atoms with Gasteiger partial charge in [0.15, 0.2) is 11.2 Å². The number of benzene rings is 1. The van der Waals surface area contributed by atoms with Crippen molar-refractivity contribution in [2.24, 2.45) is 5.92 Å². The lowest BCUT2D eigenvalue weighted by Crippen LogP contribution is -2.40. The van der Waals surface area contributed by atoms with Crippen molar-refractivity contribution in [3.63, 3.8) is 0 Å². The normalized spacial score (nSPS) is 18.9. The van der Waals surface area contributed by atoms with Crippen LogP contribution in [0.4, 0.5) is 0 Å². The highest BCUT2D eigenvalue weighted by molar-refractivity contribution is 5.93. The van der Waals surface area contributed by atoms with Crippen LogP contribution < -0.4 is 10.7 Å². The van der Waals surface area contributed by atoms with Crippen molar-refractivity contribution >= 4 is 16.9 Å². The van der Waals surface area contributed by atoms with Crippen LogP contribution in [0.25, 0.3) is 11.0 Å². The fourth-order valence-electron chi connectivity index (χ4n) is 3.15. The molecule has 1 aliphatic heterocycles. The first-order valence-corrected chi connectivity index (χ1v) is 8.21. The standard InChI is InChI=1S/C18H22N2O3/c1-2-20-9-5-6-13(12-20)11-19-18(22)17-10-15(21)14-7-3-4-8-16(14)23-17/h3-4,7-8,10,13H,2,5-6,9,11-12H2,1H3,(H,19,22). The van der Waals surface area contributed by atoms with Gasteiger partial charge in [0.05, 0.1) is 5.39 Å². The van der Waals surface area contributed by atoms with Gasteiger partial charge in [0.2, 0.25) is 0 Å². The van der Waals surface area contributed by atoms with Gasteiger partial charge in [-0.15, -0.1) is 0 Å². The number of carbonyl (C=O) groups excluding carboxylic acids is 1. The zero-order valence-corrected chi connectivity index (χ0v) is 13.4. The topological polar surface area (TPSA) is 62.6 Å². The van der Waals surface area contributed by atoms with Crippen LogP contribution in [0.15, 0.2) is 39.5 Å². The third-order valence-corrected chi connectivity index (χ3v) is 4.46. The van der Waals surface area contributed by atoms with Crippen molar-refractivity contribution in [3.05, 3.63) is 46.3 Å². The van der Waals surface area contributed by atoms with Crippen LogP contribution in [0, 0.1) is 5.92 Å². The minimum atomic E-state index is -0.318. The summed E-state index contributed by atoms with van der Waals surface area (Å²) in [6, 6.07) is 8.24. The summed E-state index contributed by atoms with van der Waals surface area (Å²) in [5, 5.41) is 3.40. The smallest absolute Gasteiger partial charge is 0.287 e. The number of hydrogen-bond acceptors (Lipinski definition) is 4. The molecule has 3 rings (SSSR count). The van der Waals surface area contributed by atoms with Crippen LogP contribution >= 0.6 is 0 Å². The number of rotatable bonds is 4. The Kier molecular flexibility index (Phi) is 4.76. The number of piperidine rings is 1. The molecule has 1 aromatic carbocycles. The Morgan fingerprint density at radius 1 is 1.39 bits per heavy atom. The molecule has 0 radical (unpaired) electrons. The lowest BCUT2D eigenvalue weighted by molar-refractivity contribution is 0.0906. The minimum absolute atomic E-state index is 0.0804. The van der Waals surface area contributed by atoms with Crippen molar-refractivity contribution in [2.75, 3.05) is 26.2 Å². The number of fused-ring (bicyclic) bond motifs is 1. The van der Waals surface area contributed by atoms with Crippen LogP contribution in [0.3, 0.4) is 0 Å². The number of hydrogen-bond donors (Lipinski definition) is 1. The summed E-state index contributed by atoms with van der Waals surface area (Å²) in [7, 11) is 0. The molecule has 5 heteroatoms. The zero-order chi connectivity index (χ0) is 16.2. The molecule has 1 N–H and O–H groups in total. The van der Waals surface area contributed by atoms with E-state index in [2.05, 4.69) is 17.1 Å². The molecule has 1 aliphatic rings. The SMILES string of the molecule is CCN1CCCC(CNC(=O)c2cc(=O)c3ccccc3o2)C1. The van der Waals surface area contributed by atoms with Gasteiger partial charge in [-0.1, -0.05) is 19.1 Å². The average molecular weight is 314 g/mol. The first-order chi connectivity index (χ1) is 11.2. The Hall–Kier alpha value is -2.14. The van der Waals surface area contributed by atoms with Gasteiger partial charge in [0, 0.05) is 19.2 Å². The summed E-state index contributed by atoms with van der Waals surface area (Å²) in [4.78, 5) is 26.7. The maximum atomic E-state index is 12.3. The highest BCUT2D eigenvalue weighted by Crippen LogP contribution is 2.16. The minimum Gasteiger partial charge on any atom is -0.451 e. The molecule has 122 valence electrons. The van der Waals surface area contributed by atoms with E-state index in [-0.39, 0.29) is 17.1 Å². The van der Waals surface area contributed by atoms with Crippen molar-refractivity contribution in [1.82, 2.24) is 10.2 Å². The number of amides is 1. The van der Waals surface area contributed by atoms with Crippen molar-refractivity contribution in [2.45, 2.75) is 19.8 Å². The second kappa shape index (κ2) is 6.96. The molecule has 0 spiro atoms. The van der Waals surface area contributed by atoms with Crippen LogP contribution in [-0.2, 0) is 0 Å². The Labute approximate surface area is 135 Å². The van der Waals surface area contributed by atoms with Gasteiger partial charge in [-0.3, -0.25) is 9.59 Å². The molecule has 0 saturated carbocycles. The molecule has 0 bridgehead atoms. The van der Waals surface area contributed by atoms with E-state index in [1.54, 1.807) is 24.3 Å². The predicted molar refractivity (Wildman–Crippen MR) is 89.7 cm³/mol. The van der Waals surface area contributed by atoms with E-state index >= 15 is 0 Å². The molecule has 1 aromatic heterocycles. The Bertz CT molecular complexity index is 753. The van der Waals surface area contributed by atoms with E-state index in [9.17, 15) is 9.59 Å². The second-order valence-corrected chi connectivity index (χ2v) is 6.08. The molecule has 2 aromatic rings. The molecule has 1 amide bonds. The molecule has 0 aliphatic carbocycles. The lowest BCUT2D eigenvalue weighted by atomic mass is 9.98. The first-order valence-electron chi connectivity index (χ1n) is 8.21. The van der Waals surface area contributed by atoms with Crippen molar-refractivity contribution < 1.29 is 9.21 Å². The number of likely N-dealkylation sites (tertiary alicyclic amines) is 1. The fourth-order valence-corrected chi connectivity index (χ4v) is 3.15. The summed E-state index contributed by atoms with van der Waals surface area (Å²) in [5.74, 6) is 0.221. The summed E-state index contributed by atoms with van der Waals surface area (Å²) in [6.07, 6.45) is 2.29. The fraction of sp³-hybridized carbons (Fsp3) is 0.444. The van der Waals surface area contributed by atoms with Gasteiger partial charge in [-0.2, -0.15) is 0 Å². The van der Waals surface area contributed by atoms with Gasteiger partial charge >= 0.3 is 0 Å². The van der Waals surface area contributed by atoms with Gasteiger partial charge in [-0.25, -0.2) is 0 Å². The molecule has 1 unspecified atom stereocenters. The van der Waals surface area contributed by atoms with Gasteiger partial charge in [0.1, 0.15) is 5.58 Å². The van der Waals surface area contributed by atoms with E-state index in [0.29, 0.717) is 23.4 Å². The predicted octanol–water partition coefficient (Wildman–Crippen LogP) is 2.25. The maximum Gasteiger partial charge on any atom is 0.287 e. The summed E-state index contributed by atoms with van der Waals surface area (Å²) >= 11 is 0. The molecular weight excluding hydrogens is 292 g/mol. The average Bonchev–Trinajstić information content (AvgIpc) is 2.60. The molecule has 23 heavy (non-hydrogen) atoms. The molecule has 2 heterocycles. The third-order valence-electron chi connectivity index (χ3n) is 4.46. The highest BCUT2D eigenvalue weighted by Gasteiger charge is 2.20. The largest absolute Gasteiger partial charge is 0.451 e. The summed E-state index contributed by atoms with van der Waals surface area (Å²) in [6.45, 7) is 5.97. The van der Waals surface area contributed by atoms with Crippen LogP contribution in [0.2, 0.25) is 0 Å². The van der Waals surface area contributed by atoms with E-state index in [0.717, 1.165) is 26.1 Å². The van der Waals surface area contributed by atoms with Gasteiger partial charge < -0.3 is 14.6 Å². The molecule has 1 atom stereocenters.